The zero-order valence-electron chi connectivity index (χ0n) is 11.4. The van der Waals surface area contributed by atoms with Gasteiger partial charge in [0.15, 0.2) is 0 Å². The molecule has 4 heteroatoms. The first-order valence-electron chi connectivity index (χ1n) is 5.97. The van der Waals surface area contributed by atoms with Crippen LogP contribution in [0.3, 0.4) is 0 Å². The molecule has 0 fully saturated rings. The molecule has 0 aliphatic rings. The fourth-order valence-corrected chi connectivity index (χ4v) is 1.62. The normalized spacial score (nSPS) is 11.3. The maximum atomic E-state index is 5.68. The van der Waals surface area contributed by atoms with Crippen LogP contribution in [0.15, 0.2) is 18.2 Å². The highest BCUT2D eigenvalue weighted by Gasteiger charge is 2.10. The minimum absolute atomic E-state index is 0.151. The molecule has 0 bridgehead atoms. The van der Waals surface area contributed by atoms with Crippen molar-refractivity contribution in [2.45, 2.75) is 33.3 Å². The molecule has 0 radical (unpaired) electrons. The van der Waals surface area contributed by atoms with Crippen molar-refractivity contribution >= 4 is 17.2 Å². The van der Waals surface area contributed by atoms with Crippen LogP contribution in [0.1, 0.15) is 31.9 Å². The van der Waals surface area contributed by atoms with E-state index in [1.807, 2.05) is 45.9 Å². The van der Waals surface area contributed by atoms with Gasteiger partial charge in [-0.15, -0.1) is 0 Å². The second kappa shape index (κ2) is 6.16. The van der Waals surface area contributed by atoms with Gasteiger partial charge in [0.1, 0.15) is 17.3 Å². The van der Waals surface area contributed by atoms with E-state index < -0.39 is 0 Å². The second-order valence-corrected chi connectivity index (χ2v) is 5.61. The van der Waals surface area contributed by atoms with Crippen LogP contribution in [-0.4, -0.2) is 23.8 Å². The number of thiocarbonyl (C=S) groups is 1. The van der Waals surface area contributed by atoms with Gasteiger partial charge in [0, 0.05) is 0 Å². The molecular weight excluding hydrogens is 246 g/mol. The molecule has 1 rings (SSSR count). The van der Waals surface area contributed by atoms with Gasteiger partial charge in [0.05, 0.1) is 17.8 Å². The van der Waals surface area contributed by atoms with E-state index >= 15 is 0 Å². The molecule has 1 aromatic carbocycles. The molecule has 0 aliphatic heterocycles. The van der Waals surface area contributed by atoms with Crippen LogP contribution >= 0.6 is 12.2 Å². The van der Waals surface area contributed by atoms with Crippen LogP contribution in [0.25, 0.3) is 0 Å². The van der Waals surface area contributed by atoms with Gasteiger partial charge in [-0.25, -0.2) is 0 Å². The molecule has 0 heterocycles. The number of aryl methyl sites for hydroxylation is 1. The SMILES string of the molecule is Cc1ccc(C(N)=S)c(OCCOC(C)(C)C)c1. The Bertz CT molecular complexity index is 424. The van der Waals surface area contributed by atoms with Gasteiger partial charge in [0.2, 0.25) is 0 Å². The summed E-state index contributed by atoms with van der Waals surface area (Å²) in [5.41, 5.74) is 7.39. The lowest BCUT2D eigenvalue weighted by molar-refractivity contribution is -0.0163. The number of hydrogen-bond donors (Lipinski definition) is 1. The summed E-state index contributed by atoms with van der Waals surface area (Å²) in [4.78, 5) is 0.349. The minimum Gasteiger partial charge on any atom is -0.490 e. The van der Waals surface area contributed by atoms with Crippen molar-refractivity contribution in [2.75, 3.05) is 13.2 Å². The molecule has 0 saturated heterocycles. The monoisotopic (exact) mass is 267 g/mol. The summed E-state index contributed by atoms with van der Waals surface area (Å²) in [6.07, 6.45) is 0. The van der Waals surface area contributed by atoms with E-state index in [1.54, 1.807) is 0 Å². The fourth-order valence-electron chi connectivity index (χ4n) is 1.45. The van der Waals surface area contributed by atoms with Gasteiger partial charge >= 0.3 is 0 Å². The van der Waals surface area contributed by atoms with E-state index in [4.69, 9.17) is 27.4 Å². The Morgan fingerprint density at radius 3 is 2.50 bits per heavy atom. The van der Waals surface area contributed by atoms with Gasteiger partial charge in [-0.2, -0.15) is 0 Å². The van der Waals surface area contributed by atoms with Crippen molar-refractivity contribution in [3.05, 3.63) is 29.3 Å². The number of hydrogen-bond acceptors (Lipinski definition) is 3. The third-order valence-electron chi connectivity index (χ3n) is 2.28. The average Bonchev–Trinajstić information content (AvgIpc) is 2.22. The van der Waals surface area contributed by atoms with Gasteiger partial charge in [-0.05, 0) is 45.4 Å². The molecule has 0 spiro atoms. The highest BCUT2D eigenvalue weighted by Crippen LogP contribution is 2.20. The highest BCUT2D eigenvalue weighted by molar-refractivity contribution is 7.80. The maximum Gasteiger partial charge on any atom is 0.129 e. The summed E-state index contributed by atoms with van der Waals surface area (Å²) in [5.74, 6) is 0.722. The topological polar surface area (TPSA) is 44.5 Å². The van der Waals surface area contributed by atoms with Crippen LogP contribution in [-0.2, 0) is 4.74 Å². The van der Waals surface area contributed by atoms with Crippen LogP contribution in [0.5, 0.6) is 5.75 Å². The molecule has 18 heavy (non-hydrogen) atoms. The standard InChI is InChI=1S/C14H21NO2S/c1-10-5-6-11(13(15)18)12(9-10)16-7-8-17-14(2,3)4/h5-6,9H,7-8H2,1-4H3,(H2,15,18). The predicted octanol–water partition coefficient (Wildman–Crippen LogP) is 2.82. The zero-order valence-corrected chi connectivity index (χ0v) is 12.3. The fraction of sp³-hybridized carbons (Fsp3) is 0.500. The predicted molar refractivity (Wildman–Crippen MR) is 78.3 cm³/mol. The van der Waals surface area contributed by atoms with E-state index in [1.165, 1.54) is 0 Å². The summed E-state index contributed by atoms with van der Waals surface area (Å²) >= 11 is 5.00. The number of nitrogens with two attached hydrogens (primary N) is 1. The number of rotatable bonds is 5. The zero-order chi connectivity index (χ0) is 13.8. The summed E-state index contributed by atoms with van der Waals surface area (Å²) in [5, 5.41) is 0. The lowest BCUT2D eigenvalue weighted by Gasteiger charge is -2.20. The van der Waals surface area contributed by atoms with E-state index in [9.17, 15) is 0 Å². The van der Waals surface area contributed by atoms with Crippen molar-refractivity contribution < 1.29 is 9.47 Å². The van der Waals surface area contributed by atoms with Gasteiger partial charge < -0.3 is 15.2 Å². The molecule has 0 atom stereocenters. The van der Waals surface area contributed by atoms with Crippen LogP contribution in [0, 0.1) is 6.92 Å². The Balaban J connectivity index is 2.61. The Hall–Kier alpha value is -1.13. The van der Waals surface area contributed by atoms with Crippen molar-refractivity contribution in [3.8, 4) is 5.75 Å². The third-order valence-corrected chi connectivity index (χ3v) is 2.50. The summed E-state index contributed by atoms with van der Waals surface area (Å²) in [6, 6.07) is 5.79. The van der Waals surface area contributed by atoms with Gasteiger partial charge in [-0.1, -0.05) is 18.3 Å². The smallest absolute Gasteiger partial charge is 0.129 e. The van der Waals surface area contributed by atoms with Crippen LogP contribution in [0.4, 0.5) is 0 Å². The van der Waals surface area contributed by atoms with Crippen molar-refractivity contribution in [2.24, 2.45) is 5.73 Å². The van der Waals surface area contributed by atoms with Crippen LogP contribution in [0.2, 0.25) is 0 Å². The van der Waals surface area contributed by atoms with E-state index in [-0.39, 0.29) is 5.60 Å². The molecule has 3 nitrogen and oxygen atoms in total. The van der Waals surface area contributed by atoms with Crippen LogP contribution < -0.4 is 10.5 Å². The molecule has 0 aliphatic carbocycles. The molecule has 2 N–H and O–H groups in total. The minimum atomic E-state index is -0.151. The molecule has 1 aromatic rings. The first-order chi connectivity index (χ1) is 8.29. The Kier molecular flexibility index (Phi) is 5.11. The maximum absolute atomic E-state index is 5.68. The Morgan fingerprint density at radius 2 is 1.94 bits per heavy atom. The molecule has 0 aromatic heterocycles. The highest BCUT2D eigenvalue weighted by atomic mass is 32.1. The Morgan fingerprint density at radius 1 is 1.28 bits per heavy atom. The lowest BCUT2D eigenvalue weighted by atomic mass is 10.1. The van der Waals surface area contributed by atoms with Crippen molar-refractivity contribution in [1.82, 2.24) is 0 Å². The van der Waals surface area contributed by atoms with Crippen molar-refractivity contribution in [1.29, 1.82) is 0 Å². The quantitative estimate of drug-likeness (QED) is 0.658. The van der Waals surface area contributed by atoms with Gasteiger partial charge in [-0.3, -0.25) is 0 Å². The van der Waals surface area contributed by atoms with E-state index in [0.717, 1.165) is 16.9 Å². The molecule has 100 valence electrons. The molecule has 0 unspecified atom stereocenters. The Labute approximate surface area is 114 Å². The lowest BCUT2D eigenvalue weighted by Crippen LogP contribution is -2.23. The average molecular weight is 267 g/mol. The second-order valence-electron chi connectivity index (χ2n) is 5.17. The van der Waals surface area contributed by atoms with E-state index in [2.05, 4.69) is 0 Å². The van der Waals surface area contributed by atoms with Gasteiger partial charge in [0.25, 0.3) is 0 Å². The molecule has 0 amide bonds. The van der Waals surface area contributed by atoms with E-state index in [0.29, 0.717) is 18.2 Å². The summed E-state index contributed by atoms with van der Waals surface area (Å²) in [7, 11) is 0. The largest absolute Gasteiger partial charge is 0.490 e. The van der Waals surface area contributed by atoms with Crippen molar-refractivity contribution in [3.63, 3.8) is 0 Å². The first kappa shape index (κ1) is 14.9. The molecule has 0 saturated carbocycles. The summed E-state index contributed by atoms with van der Waals surface area (Å²) in [6.45, 7) is 9.06. The first-order valence-corrected chi connectivity index (χ1v) is 6.37. The number of ether oxygens (including phenoxy) is 2. The molecular formula is C14H21NO2S. The third kappa shape index (κ3) is 5.02. The number of benzene rings is 1. The summed E-state index contributed by atoms with van der Waals surface area (Å²) < 4.78 is 11.3.